The van der Waals surface area contributed by atoms with E-state index < -0.39 is 11.2 Å². The molecular weight excluding hydrogens is 196 g/mol. The lowest BCUT2D eigenvalue weighted by molar-refractivity contribution is 0.779. The van der Waals surface area contributed by atoms with Crippen LogP contribution in [0.5, 0.6) is 0 Å². The van der Waals surface area contributed by atoms with E-state index in [-0.39, 0.29) is 5.82 Å². The predicted molar refractivity (Wildman–Crippen MR) is 56.7 cm³/mol. The molecule has 0 unspecified atom stereocenters. The Bertz CT molecular complexity index is 454. The van der Waals surface area contributed by atoms with Crippen LogP contribution in [0, 0.1) is 12.3 Å². The van der Waals surface area contributed by atoms with E-state index in [1.54, 1.807) is 0 Å². The lowest BCUT2D eigenvalue weighted by Crippen LogP contribution is -2.27. The molecule has 1 heterocycles. The summed E-state index contributed by atoms with van der Waals surface area (Å²) in [7, 11) is 0. The lowest BCUT2D eigenvalue weighted by Gasteiger charge is -2.01. The van der Waals surface area contributed by atoms with Crippen LogP contribution in [-0.2, 0) is 0 Å². The number of unbranched alkanes of at least 4 members (excludes halogenated alkanes) is 2. The molecule has 0 saturated carbocycles. The van der Waals surface area contributed by atoms with Gasteiger partial charge in [-0.05, 0) is 12.8 Å². The second kappa shape index (κ2) is 5.65. The molecule has 1 aromatic rings. The average molecular weight is 208 g/mol. The van der Waals surface area contributed by atoms with Crippen molar-refractivity contribution in [1.29, 1.82) is 0 Å². The number of nitrogens with zero attached hydrogens (tertiary/aromatic N) is 1. The van der Waals surface area contributed by atoms with Crippen LogP contribution in [0.3, 0.4) is 0 Å². The first-order chi connectivity index (χ1) is 7.24. The zero-order chi connectivity index (χ0) is 11.1. The summed E-state index contributed by atoms with van der Waals surface area (Å²) in [4.78, 5) is 23.8. The van der Waals surface area contributed by atoms with E-state index in [1.807, 2.05) is 0 Å². The maximum absolute atomic E-state index is 11.1. The van der Waals surface area contributed by atoms with Crippen LogP contribution in [-0.4, -0.2) is 21.7 Å². The summed E-state index contributed by atoms with van der Waals surface area (Å²) in [5, 5.41) is 8.51. The van der Waals surface area contributed by atoms with Crippen molar-refractivity contribution in [2.24, 2.45) is 0 Å². The number of rotatable bonds is 5. The van der Waals surface area contributed by atoms with Gasteiger partial charge in [-0.2, -0.15) is 0 Å². The van der Waals surface area contributed by atoms with Crippen molar-refractivity contribution in [1.82, 2.24) is 15.2 Å². The number of aromatic amines is 2. The van der Waals surface area contributed by atoms with Crippen molar-refractivity contribution in [2.75, 3.05) is 11.9 Å². The number of nitrogens with one attached hydrogen (secondary N) is 3. The Morgan fingerprint density at radius 3 is 2.87 bits per heavy atom. The van der Waals surface area contributed by atoms with Crippen molar-refractivity contribution in [2.45, 2.75) is 19.3 Å². The minimum atomic E-state index is -0.613. The molecule has 0 atom stereocenters. The third kappa shape index (κ3) is 3.68. The minimum Gasteiger partial charge on any atom is -0.364 e. The predicted octanol–water partition coefficient (Wildman–Crippen LogP) is -0.326. The van der Waals surface area contributed by atoms with Gasteiger partial charge in [0.15, 0.2) is 0 Å². The topological polar surface area (TPSA) is 90.6 Å². The average Bonchev–Trinajstić information content (AvgIpc) is 2.20. The van der Waals surface area contributed by atoms with E-state index in [4.69, 9.17) is 6.42 Å². The SMILES string of the molecule is C#CCCCCNc1n[nH]c(=O)[nH]c1=O. The molecule has 1 aromatic heterocycles. The van der Waals surface area contributed by atoms with Gasteiger partial charge in [0.2, 0.25) is 5.82 Å². The Hall–Kier alpha value is -2.03. The summed E-state index contributed by atoms with van der Waals surface area (Å²) in [6.07, 6.45) is 7.55. The molecule has 0 aliphatic heterocycles. The zero-order valence-electron chi connectivity index (χ0n) is 8.17. The number of H-pyrrole nitrogens is 2. The Morgan fingerprint density at radius 1 is 1.40 bits per heavy atom. The second-order valence-corrected chi connectivity index (χ2v) is 2.94. The highest BCUT2D eigenvalue weighted by Gasteiger charge is 1.99. The van der Waals surface area contributed by atoms with Gasteiger partial charge in [0.1, 0.15) is 0 Å². The van der Waals surface area contributed by atoms with Crippen molar-refractivity contribution < 1.29 is 0 Å². The van der Waals surface area contributed by atoms with E-state index in [9.17, 15) is 9.59 Å². The van der Waals surface area contributed by atoms with Crippen LogP contribution in [0.15, 0.2) is 9.59 Å². The van der Waals surface area contributed by atoms with Crippen LogP contribution < -0.4 is 16.6 Å². The monoisotopic (exact) mass is 208 g/mol. The molecule has 80 valence electrons. The first kappa shape index (κ1) is 11.0. The van der Waals surface area contributed by atoms with Gasteiger partial charge in [0, 0.05) is 13.0 Å². The third-order valence-electron chi connectivity index (χ3n) is 1.75. The maximum Gasteiger partial charge on any atom is 0.342 e. The molecule has 0 spiro atoms. The minimum absolute atomic E-state index is 0.121. The Morgan fingerprint density at radius 2 is 2.20 bits per heavy atom. The Kier molecular flexibility index (Phi) is 4.16. The molecule has 1 rings (SSSR count). The molecule has 0 bridgehead atoms. The molecule has 0 fully saturated rings. The van der Waals surface area contributed by atoms with Gasteiger partial charge in [-0.25, -0.2) is 9.89 Å². The van der Waals surface area contributed by atoms with Crippen LogP contribution in [0.4, 0.5) is 5.82 Å². The Labute approximate surface area is 86.1 Å². The second-order valence-electron chi connectivity index (χ2n) is 2.94. The first-order valence-corrected chi connectivity index (χ1v) is 4.60. The van der Waals surface area contributed by atoms with Crippen molar-refractivity contribution in [3.8, 4) is 12.3 Å². The smallest absolute Gasteiger partial charge is 0.342 e. The molecule has 0 saturated heterocycles. The number of aromatic nitrogens is 3. The fourth-order valence-electron chi connectivity index (χ4n) is 1.03. The summed E-state index contributed by atoms with van der Waals surface area (Å²) < 4.78 is 0. The van der Waals surface area contributed by atoms with Crippen LogP contribution >= 0.6 is 0 Å². The van der Waals surface area contributed by atoms with Gasteiger partial charge in [-0.15, -0.1) is 17.4 Å². The summed E-state index contributed by atoms with van der Waals surface area (Å²) in [5.74, 6) is 2.65. The highest BCUT2D eigenvalue weighted by Crippen LogP contribution is 1.94. The molecule has 6 nitrogen and oxygen atoms in total. The number of hydrogen-bond donors (Lipinski definition) is 3. The van der Waals surface area contributed by atoms with Crippen molar-refractivity contribution in [3.63, 3.8) is 0 Å². The van der Waals surface area contributed by atoms with Gasteiger partial charge in [0.05, 0.1) is 0 Å². The normalized spacial score (nSPS) is 9.53. The van der Waals surface area contributed by atoms with Gasteiger partial charge >= 0.3 is 5.69 Å². The molecule has 15 heavy (non-hydrogen) atoms. The number of hydrogen-bond acceptors (Lipinski definition) is 4. The molecule has 0 aliphatic carbocycles. The highest BCUT2D eigenvalue weighted by molar-refractivity contribution is 5.28. The van der Waals surface area contributed by atoms with E-state index in [2.05, 4.69) is 26.4 Å². The molecule has 0 aliphatic rings. The van der Waals surface area contributed by atoms with Gasteiger partial charge in [-0.1, -0.05) is 0 Å². The van der Waals surface area contributed by atoms with Crippen LogP contribution in [0.25, 0.3) is 0 Å². The fourth-order valence-corrected chi connectivity index (χ4v) is 1.03. The Balaban J connectivity index is 2.42. The van der Waals surface area contributed by atoms with Crippen LogP contribution in [0.1, 0.15) is 19.3 Å². The molecule has 0 radical (unpaired) electrons. The molecule has 6 heteroatoms. The zero-order valence-corrected chi connectivity index (χ0v) is 8.17. The lowest BCUT2D eigenvalue weighted by atomic mass is 10.2. The summed E-state index contributed by atoms with van der Waals surface area (Å²) in [6.45, 7) is 0.601. The number of terminal acetylenes is 1. The summed E-state index contributed by atoms with van der Waals surface area (Å²) >= 11 is 0. The van der Waals surface area contributed by atoms with E-state index >= 15 is 0 Å². The molecular formula is C9H12N4O2. The van der Waals surface area contributed by atoms with Gasteiger partial charge in [0.25, 0.3) is 5.56 Å². The molecule has 0 amide bonds. The van der Waals surface area contributed by atoms with Crippen molar-refractivity contribution in [3.05, 3.63) is 20.8 Å². The third-order valence-corrected chi connectivity index (χ3v) is 1.75. The maximum atomic E-state index is 11.1. The van der Waals surface area contributed by atoms with Gasteiger partial charge in [-0.3, -0.25) is 9.78 Å². The van der Waals surface area contributed by atoms with E-state index in [0.29, 0.717) is 6.54 Å². The largest absolute Gasteiger partial charge is 0.364 e. The number of anilines is 1. The summed E-state index contributed by atoms with van der Waals surface area (Å²) in [5.41, 5.74) is -1.13. The first-order valence-electron chi connectivity index (χ1n) is 4.60. The standard InChI is InChI=1S/C9H12N4O2/c1-2-3-4-5-6-10-7-8(14)11-9(15)13-12-7/h1H,3-6H2,(H,10,12)(H2,11,13,14,15). The highest BCUT2D eigenvalue weighted by atomic mass is 16.2. The molecule has 3 N–H and O–H groups in total. The van der Waals surface area contributed by atoms with Gasteiger partial charge < -0.3 is 5.32 Å². The summed E-state index contributed by atoms with van der Waals surface area (Å²) in [6, 6.07) is 0. The van der Waals surface area contributed by atoms with E-state index in [1.165, 1.54) is 0 Å². The van der Waals surface area contributed by atoms with Crippen molar-refractivity contribution >= 4 is 5.82 Å². The van der Waals surface area contributed by atoms with Crippen LogP contribution in [0.2, 0.25) is 0 Å². The van der Waals surface area contributed by atoms with E-state index in [0.717, 1.165) is 19.3 Å². The fraction of sp³-hybridized carbons (Fsp3) is 0.444. The molecule has 0 aromatic carbocycles. The quantitative estimate of drug-likeness (QED) is 0.456.